The Kier molecular flexibility index (Phi) is 5.85. The van der Waals surface area contributed by atoms with Gasteiger partial charge in [0.2, 0.25) is 5.91 Å². The fraction of sp³-hybridized carbons (Fsp3) is 0.700. The molecule has 1 aliphatic carbocycles. The first-order chi connectivity index (χ1) is 11.7. The van der Waals surface area contributed by atoms with Crippen molar-refractivity contribution in [3.05, 3.63) is 23.9 Å². The molecule has 4 heteroatoms. The summed E-state index contributed by atoms with van der Waals surface area (Å²) >= 11 is 1.95. The van der Waals surface area contributed by atoms with Crippen molar-refractivity contribution in [1.82, 2.24) is 5.32 Å². The van der Waals surface area contributed by atoms with Crippen LogP contribution in [0.4, 0.5) is 0 Å². The Hall–Kier alpha value is -1.03. The standard InChI is InChI=1S/C20H30N2OS/c1-3-4-5-6-9-15(2)22-19(23)16-14-24-20-12-8-7-10-18(20)21-13-11-17(16)20/h7-8,10,13,15-17H,3-6,9,11-12,14H2,1-2H3,(H,22,23). The van der Waals surface area contributed by atoms with Gasteiger partial charge in [0.15, 0.2) is 0 Å². The number of allylic oxidation sites excluding steroid dienone is 3. The summed E-state index contributed by atoms with van der Waals surface area (Å²) in [7, 11) is 0. The average Bonchev–Trinajstić information content (AvgIpc) is 2.96. The lowest BCUT2D eigenvalue weighted by Crippen LogP contribution is -2.45. The van der Waals surface area contributed by atoms with Crippen LogP contribution in [0.5, 0.6) is 0 Å². The van der Waals surface area contributed by atoms with Crippen LogP contribution < -0.4 is 5.32 Å². The topological polar surface area (TPSA) is 41.5 Å². The van der Waals surface area contributed by atoms with Gasteiger partial charge in [-0.25, -0.2) is 0 Å². The molecule has 3 aliphatic rings. The van der Waals surface area contributed by atoms with Crippen molar-refractivity contribution in [2.24, 2.45) is 16.8 Å². The van der Waals surface area contributed by atoms with Gasteiger partial charge in [-0.1, -0.05) is 44.8 Å². The Morgan fingerprint density at radius 2 is 2.33 bits per heavy atom. The van der Waals surface area contributed by atoms with Crippen LogP contribution in [0, 0.1) is 11.8 Å². The van der Waals surface area contributed by atoms with Crippen molar-refractivity contribution in [2.75, 3.05) is 5.75 Å². The summed E-state index contributed by atoms with van der Waals surface area (Å²) in [4.78, 5) is 17.5. The summed E-state index contributed by atoms with van der Waals surface area (Å²) in [6.45, 7) is 4.38. The monoisotopic (exact) mass is 346 g/mol. The minimum atomic E-state index is 0.0515. The molecule has 1 spiro atoms. The smallest absolute Gasteiger partial charge is 0.224 e. The van der Waals surface area contributed by atoms with E-state index in [9.17, 15) is 4.79 Å². The molecule has 2 aliphatic heterocycles. The number of nitrogens with zero attached hydrogens (tertiary/aromatic N) is 1. The fourth-order valence-electron chi connectivity index (χ4n) is 4.24. The minimum absolute atomic E-state index is 0.0515. The molecule has 4 atom stereocenters. The number of unbranched alkanes of at least 4 members (excludes halogenated alkanes) is 3. The van der Waals surface area contributed by atoms with Crippen molar-refractivity contribution < 1.29 is 4.79 Å². The van der Waals surface area contributed by atoms with Crippen LogP contribution in [0.1, 0.15) is 58.8 Å². The third-order valence-electron chi connectivity index (χ3n) is 5.66. The first-order valence-electron chi connectivity index (χ1n) is 9.51. The predicted molar refractivity (Wildman–Crippen MR) is 103 cm³/mol. The summed E-state index contributed by atoms with van der Waals surface area (Å²) in [5.74, 6) is 1.70. The summed E-state index contributed by atoms with van der Waals surface area (Å²) in [6.07, 6.45) is 16.6. The second-order valence-corrected chi connectivity index (χ2v) is 8.75. The molecule has 1 amide bonds. The molecule has 24 heavy (non-hydrogen) atoms. The maximum Gasteiger partial charge on any atom is 0.224 e. The lowest BCUT2D eigenvalue weighted by atomic mass is 9.73. The van der Waals surface area contributed by atoms with E-state index in [1.54, 1.807) is 0 Å². The number of amides is 1. The van der Waals surface area contributed by atoms with Crippen molar-refractivity contribution in [1.29, 1.82) is 0 Å². The number of nitrogens with one attached hydrogen (secondary N) is 1. The molecule has 3 rings (SSSR count). The number of thioether (sulfide) groups is 1. The lowest BCUT2D eigenvalue weighted by Gasteiger charge is -2.39. The van der Waals surface area contributed by atoms with E-state index in [1.807, 2.05) is 18.0 Å². The van der Waals surface area contributed by atoms with Gasteiger partial charge in [-0.3, -0.25) is 9.79 Å². The van der Waals surface area contributed by atoms with E-state index < -0.39 is 0 Å². The van der Waals surface area contributed by atoms with E-state index in [4.69, 9.17) is 0 Å². The number of hydrogen-bond acceptors (Lipinski definition) is 3. The van der Waals surface area contributed by atoms with Crippen LogP contribution in [0.2, 0.25) is 0 Å². The lowest BCUT2D eigenvalue weighted by molar-refractivity contribution is -0.126. The molecule has 4 unspecified atom stereocenters. The second kappa shape index (κ2) is 7.90. The van der Waals surface area contributed by atoms with Gasteiger partial charge in [0.1, 0.15) is 0 Å². The van der Waals surface area contributed by atoms with Crippen molar-refractivity contribution >= 4 is 23.9 Å². The highest BCUT2D eigenvalue weighted by Crippen LogP contribution is 2.57. The first kappa shape index (κ1) is 17.8. The highest BCUT2D eigenvalue weighted by molar-refractivity contribution is 8.01. The highest BCUT2D eigenvalue weighted by atomic mass is 32.2. The average molecular weight is 347 g/mol. The van der Waals surface area contributed by atoms with Gasteiger partial charge in [-0.05, 0) is 38.2 Å². The molecule has 2 heterocycles. The van der Waals surface area contributed by atoms with E-state index >= 15 is 0 Å². The Morgan fingerprint density at radius 3 is 3.17 bits per heavy atom. The highest BCUT2D eigenvalue weighted by Gasteiger charge is 2.54. The summed E-state index contributed by atoms with van der Waals surface area (Å²) < 4.78 is 0.0515. The van der Waals surface area contributed by atoms with E-state index in [0.717, 1.165) is 25.0 Å². The maximum absolute atomic E-state index is 12.9. The zero-order chi connectivity index (χ0) is 17.0. The van der Waals surface area contributed by atoms with Crippen molar-refractivity contribution in [3.63, 3.8) is 0 Å². The predicted octanol–water partition coefficient (Wildman–Crippen LogP) is 4.50. The molecule has 3 nitrogen and oxygen atoms in total. The first-order valence-corrected chi connectivity index (χ1v) is 10.5. The summed E-state index contributed by atoms with van der Waals surface area (Å²) in [5.41, 5.74) is 1.18. The van der Waals surface area contributed by atoms with E-state index in [1.165, 1.54) is 31.4 Å². The van der Waals surface area contributed by atoms with Crippen LogP contribution >= 0.6 is 11.8 Å². The molecule has 0 saturated carbocycles. The molecular formula is C20H30N2OS. The summed E-state index contributed by atoms with van der Waals surface area (Å²) in [6, 6.07) is 0.287. The number of carbonyl (C=O) groups excluding carboxylic acids is 1. The van der Waals surface area contributed by atoms with Crippen LogP contribution in [-0.2, 0) is 4.79 Å². The van der Waals surface area contributed by atoms with Crippen LogP contribution in [0.3, 0.4) is 0 Å². The molecule has 0 aromatic carbocycles. The molecule has 0 aromatic rings. The van der Waals surface area contributed by atoms with Crippen molar-refractivity contribution in [2.45, 2.75) is 69.6 Å². The fourth-order valence-corrected chi connectivity index (χ4v) is 6.06. The molecule has 1 fully saturated rings. The normalized spacial score (nSPS) is 32.0. The minimum Gasteiger partial charge on any atom is -0.353 e. The van der Waals surface area contributed by atoms with Crippen LogP contribution in [0.25, 0.3) is 0 Å². The van der Waals surface area contributed by atoms with Gasteiger partial charge in [0, 0.05) is 18.0 Å². The molecule has 0 radical (unpaired) electrons. The number of rotatable bonds is 7. The number of hydrogen-bond donors (Lipinski definition) is 1. The molecule has 0 aromatic heterocycles. The zero-order valence-electron chi connectivity index (χ0n) is 15.0. The molecule has 1 N–H and O–H groups in total. The van der Waals surface area contributed by atoms with E-state index in [0.29, 0.717) is 5.92 Å². The van der Waals surface area contributed by atoms with Gasteiger partial charge < -0.3 is 5.32 Å². The van der Waals surface area contributed by atoms with Crippen LogP contribution in [-0.4, -0.2) is 28.7 Å². The SMILES string of the molecule is CCCCCCC(C)NC(=O)C1CSC23CC=CC=C2N=CCC13. The van der Waals surface area contributed by atoms with Gasteiger partial charge in [0.05, 0.1) is 16.4 Å². The quantitative estimate of drug-likeness (QED) is 0.690. The summed E-state index contributed by atoms with van der Waals surface area (Å²) in [5, 5.41) is 3.29. The second-order valence-electron chi connectivity index (χ2n) is 7.40. The maximum atomic E-state index is 12.9. The zero-order valence-corrected chi connectivity index (χ0v) is 15.8. The Labute approximate surface area is 150 Å². The molecule has 132 valence electrons. The number of carbonyl (C=O) groups is 1. The molecule has 1 saturated heterocycles. The van der Waals surface area contributed by atoms with E-state index in [2.05, 4.69) is 42.4 Å². The molecule has 0 bridgehead atoms. The largest absolute Gasteiger partial charge is 0.353 e. The third-order valence-corrected chi connectivity index (χ3v) is 7.38. The number of aliphatic imine (C=N–C) groups is 1. The Bertz CT molecular complexity index is 554. The Morgan fingerprint density at radius 1 is 1.46 bits per heavy atom. The molecular weight excluding hydrogens is 316 g/mol. The van der Waals surface area contributed by atoms with Gasteiger partial charge in [0.25, 0.3) is 0 Å². The van der Waals surface area contributed by atoms with Gasteiger partial charge in [-0.2, -0.15) is 0 Å². The van der Waals surface area contributed by atoms with Gasteiger partial charge >= 0.3 is 0 Å². The van der Waals surface area contributed by atoms with Crippen LogP contribution in [0.15, 0.2) is 28.9 Å². The third kappa shape index (κ3) is 3.49. The van der Waals surface area contributed by atoms with Gasteiger partial charge in [-0.15, -0.1) is 11.8 Å². The Balaban J connectivity index is 1.58. The van der Waals surface area contributed by atoms with Crippen molar-refractivity contribution in [3.8, 4) is 0 Å². The van der Waals surface area contributed by atoms with E-state index in [-0.39, 0.29) is 22.6 Å².